The van der Waals surface area contributed by atoms with E-state index in [2.05, 4.69) is 0 Å². The first-order chi connectivity index (χ1) is 8.70. The predicted molar refractivity (Wildman–Crippen MR) is 67.5 cm³/mol. The zero-order valence-electron chi connectivity index (χ0n) is 10.4. The van der Waals surface area contributed by atoms with Crippen molar-refractivity contribution >= 4 is 5.91 Å². The van der Waals surface area contributed by atoms with Gasteiger partial charge in [0.2, 0.25) is 0 Å². The van der Waals surface area contributed by atoms with Gasteiger partial charge >= 0.3 is 0 Å². The molecule has 0 saturated carbocycles. The van der Waals surface area contributed by atoms with E-state index in [0.29, 0.717) is 17.9 Å². The van der Waals surface area contributed by atoms with Gasteiger partial charge in [0.25, 0.3) is 5.91 Å². The van der Waals surface area contributed by atoms with Gasteiger partial charge in [0.15, 0.2) is 0 Å². The van der Waals surface area contributed by atoms with Gasteiger partial charge in [-0.1, -0.05) is 6.07 Å². The Bertz CT molecular complexity index is 520. The lowest BCUT2D eigenvalue weighted by molar-refractivity contribution is 0.0775. The molecule has 1 heterocycles. The van der Waals surface area contributed by atoms with Crippen LogP contribution in [0, 0.1) is 0 Å². The first-order valence-corrected chi connectivity index (χ1v) is 5.62. The van der Waals surface area contributed by atoms with Crippen LogP contribution in [0.25, 0.3) is 0 Å². The minimum Gasteiger partial charge on any atom is -0.497 e. The van der Waals surface area contributed by atoms with Crippen LogP contribution in [0.2, 0.25) is 0 Å². The number of carbonyl (C=O) groups is 1. The fourth-order valence-corrected chi connectivity index (χ4v) is 1.68. The Labute approximate surface area is 106 Å². The number of hydrogen-bond donors (Lipinski definition) is 0. The molecule has 0 aliphatic carbocycles. The summed E-state index contributed by atoms with van der Waals surface area (Å²) >= 11 is 0. The smallest absolute Gasteiger partial charge is 0.254 e. The van der Waals surface area contributed by atoms with E-state index < -0.39 is 0 Å². The van der Waals surface area contributed by atoms with Gasteiger partial charge < -0.3 is 14.1 Å². The lowest BCUT2D eigenvalue weighted by atomic mass is 10.2. The third-order valence-corrected chi connectivity index (χ3v) is 2.64. The number of methoxy groups -OCH3 is 1. The Morgan fingerprint density at radius 1 is 1.33 bits per heavy atom. The fraction of sp³-hybridized carbons (Fsp3) is 0.214. The van der Waals surface area contributed by atoms with Crippen LogP contribution in [0.15, 0.2) is 47.1 Å². The molecule has 4 nitrogen and oxygen atoms in total. The number of furan rings is 1. The molecule has 0 unspecified atom stereocenters. The van der Waals surface area contributed by atoms with Crippen molar-refractivity contribution in [1.82, 2.24) is 4.90 Å². The highest BCUT2D eigenvalue weighted by molar-refractivity contribution is 5.94. The summed E-state index contributed by atoms with van der Waals surface area (Å²) < 4.78 is 10.3. The van der Waals surface area contributed by atoms with Crippen LogP contribution < -0.4 is 4.74 Å². The van der Waals surface area contributed by atoms with Crippen molar-refractivity contribution < 1.29 is 13.9 Å². The molecular weight excluding hydrogens is 230 g/mol. The van der Waals surface area contributed by atoms with Gasteiger partial charge in [0, 0.05) is 12.6 Å². The molecule has 2 rings (SSSR count). The van der Waals surface area contributed by atoms with Crippen LogP contribution in [-0.2, 0) is 6.54 Å². The van der Waals surface area contributed by atoms with Crippen molar-refractivity contribution in [3.05, 3.63) is 54.0 Å². The van der Waals surface area contributed by atoms with Gasteiger partial charge in [-0.3, -0.25) is 4.79 Å². The molecule has 0 fully saturated rings. The average molecular weight is 245 g/mol. The summed E-state index contributed by atoms with van der Waals surface area (Å²) in [6.07, 6.45) is 1.60. The van der Waals surface area contributed by atoms with E-state index in [-0.39, 0.29) is 5.91 Å². The maximum atomic E-state index is 12.2. The summed E-state index contributed by atoms with van der Waals surface area (Å²) in [5, 5.41) is 0. The monoisotopic (exact) mass is 245 g/mol. The van der Waals surface area contributed by atoms with Gasteiger partial charge in [0.05, 0.1) is 19.9 Å². The Balaban J connectivity index is 2.10. The summed E-state index contributed by atoms with van der Waals surface area (Å²) in [4.78, 5) is 13.8. The van der Waals surface area contributed by atoms with Crippen molar-refractivity contribution in [2.45, 2.75) is 6.54 Å². The number of hydrogen-bond acceptors (Lipinski definition) is 3. The van der Waals surface area contributed by atoms with Gasteiger partial charge in [-0.05, 0) is 30.3 Å². The normalized spacial score (nSPS) is 10.1. The fourth-order valence-electron chi connectivity index (χ4n) is 1.68. The first kappa shape index (κ1) is 12.2. The molecule has 4 heteroatoms. The second kappa shape index (κ2) is 5.40. The summed E-state index contributed by atoms with van der Waals surface area (Å²) in [5.74, 6) is 1.37. The Kier molecular flexibility index (Phi) is 3.67. The zero-order chi connectivity index (χ0) is 13.0. The van der Waals surface area contributed by atoms with Gasteiger partial charge in [0.1, 0.15) is 11.5 Å². The molecule has 2 aromatic rings. The van der Waals surface area contributed by atoms with Crippen LogP contribution in [0.3, 0.4) is 0 Å². The minimum absolute atomic E-state index is 0.0645. The molecule has 1 aromatic carbocycles. The molecular formula is C14H15NO3. The van der Waals surface area contributed by atoms with Crippen molar-refractivity contribution in [2.24, 2.45) is 0 Å². The molecule has 0 atom stereocenters. The van der Waals surface area contributed by atoms with E-state index in [9.17, 15) is 4.79 Å². The quantitative estimate of drug-likeness (QED) is 0.831. The summed E-state index contributed by atoms with van der Waals surface area (Å²) in [7, 11) is 3.32. The average Bonchev–Trinajstić information content (AvgIpc) is 2.90. The highest BCUT2D eigenvalue weighted by Crippen LogP contribution is 2.15. The number of carbonyl (C=O) groups excluding carboxylic acids is 1. The van der Waals surface area contributed by atoms with Gasteiger partial charge in [-0.25, -0.2) is 0 Å². The van der Waals surface area contributed by atoms with Crippen molar-refractivity contribution in [3.8, 4) is 5.75 Å². The van der Waals surface area contributed by atoms with Crippen LogP contribution in [0.5, 0.6) is 5.75 Å². The topological polar surface area (TPSA) is 42.7 Å². The third-order valence-electron chi connectivity index (χ3n) is 2.64. The van der Waals surface area contributed by atoms with Crippen molar-refractivity contribution in [1.29, 1.82) is 0 Å². The van der Waals surface area contributed by atoms with Crippen molar-refractivity contribution in [2.75, 3.05) is 14.2 Å². The summed E-state index contributed by atoms with van der Waals surface area (Å²) in [6, 6.07) is 10.7. The van der Waals surface area contributed by atoms with Crippen LogP contribution in [-0.4, -0.2) is 25.0 Å². The highest BCUT2D eigenvalue weighted by atomic mass is 16.5. The number of nitrogens with zero attached hydrogens (tertiary/aromatic N) is 1. The Morgan fingerprint density at radius 2 is 2.17 bits per heavy atom. The molecule has 0 radical (unpaired) electrons. The number of ether oxygens (including phenoxy) is 1. The van der Waals surface area contributed by atoms with Crippen molar-refractivity contribution in [3.63, 3.8) is 0 Å². The predicted octanol–water partition coefficient (Wildman–Crippen LogP) is 2.56. The van der Waals surface area contributed by atoms with Gasteiger partial charge in [-0.2, -0.15) is 0 Å². The highest BCUT2D eigenvalue weighted by Gasteiger charge is 2.13. The first-order valence-electron chi connectivity index (χ1n) is 5.62. The SMILES string of the molecule is COc1cccc(C(=O)N(C)Cc2ccco2)c1. The maximum Gasteiger partial charge on any atom is 0.254 e. The molecule has 18 heavy (non-hydrogen) atoms. The molecule has 1 aromatic heterocycles. The van der Waals surface area contributed by atoms with E-state index >= 15 is 0 Å². The second-order valence-corrected chi connectivity index (χ2v) is 3.97. The molecule has 0 spiro atoms. The minimum atomic E-state index is -0.0645. The molecule has 0 aliphatic heterocycles. The maximum absolute atomic E-state index is 12.2. The Hall–Kier alpha value is -2.23. The molecule has 0 bridgehead atoms. The number of benzene rings is 1. The summed E-state index contributed by atoms with van der Waals surface area (Å²) in [5.41, 5.74) is 0.600. The lowest BCUT2D eigenvalue weighted by Gasteiger charge is -2.16. The third kappa shape index (κ3) is 2.71. The van der Waals surface area contributed by atoms with E-state index in [1.54, 1.807) is 49.6 Å². The molecule has 0 aliphatic rings. The molecule has 94 valence electrons. The Morgan fingerprint density at radius 3 is 2.83 bits per heavy atom. The molecule has 0 saturated heterocycles. The summed E-state index contributed by atoms with van der Waals surface area (Å²) in [6.45, 7) is 0.447. The number of amides is 1. The number of rotatable bonds is 4. The zero-order valence-corrected chi connectivity index (χ0v) is 10.4. The van der Waals surface area contributed by atoms with Crippen LogP contribution in [0.1, 0.15) is 16.1 Å². The van der Waals surface area contributed by atoms with E-state index in [0.717, 1.165) is 5.76 Å². The van der Waals surface area contributed by atoms with E-state index in [1.807, 2.05) is 12.1 Å². The van der Waals surface area contributed by atoms with E-state index in [4.69, 9.17) is 9.15 Å². The second-order valence-electron chi connectivity index (χ2n) is 3.97. The standard InChI is InChI=1S/C14H15NO3/c1-15(10-13-7-4-8-18-13)14(16)11-5-3-6-12(9-11)17-2/h3-9H,10H2,1-2H3. The van der Waals surface area contributed by atoms with Crippen LogP contribution >= 0.6 is 0 Å². The van der Waals surface area contributed by atoms with Crippen LogP contribution in [0.4, 0.5) is 0 Å². The van der Waals surface area contributed by atoms with Gasteiger partial charge in [-0.15, -0.1) is 0 Å². The van der Waals surface area contributed by atoms with E-state index in [1.165, 1.54) is 0 Å². The lowest BCUT2D eigenvalue weighted by Crippen LogP contribution is -2.25. The molecule has 1 amide bonds. The largest absolute Gasteiger partial charge is 0.497 e. The molecule has 0 N–H and O–H groups in total.